The molecule has 4 aromatic rings. The molecule has 0 aliphatic heterocycles. The number of nitrogens with zero attached hydrogens (tertiary/aromatic N) is 2. The van der Waals surface area contributed by atoms with Crippen molar-refractivity contribution in [3.8, 4) is 17.5 Å². The summed E-state index contributed by atoms with van der Waals surface area (Å²) >= 11 is 12.5. The van der Waals surface area contributed by atoms with Crippen molar-refractivity contribution in [1.82, 2.24) is 9.97 Å². The molecule has 4 rings (SSSR count). The third kappa shape index (κ3) is 3.68. The van der Waals surface area contributed by atoms with Crippen LogP contribution in [0.5, 0.6) is 0 Å². The van der Waals surface area contributed by atoms with Crippen LogP contribution in [0, 0.1) is 18.3 Å². The number of hydrogen-bond acceptors (Lipinski definition) is 3. The number of anilines is 1. The van der Waals surface area contributed by atoms with E-state index in [2.05, 4.69) is 21.4 Å². The van der Waals surface area contributed by atoms with Gasteiger partial charge in [-0.1, -0.05) is 35.3 Å². The second-order valence-corrected chi connectivity index (χ2v) is 7.32. The van der Waals surface area contributed by atoms with Gasteiger partial charge in [-0.25, -0.2) is 4.98 Å². The molecule has 0 atom stereocenters. The van der Waals surface area contributed by atoms with Crippen LogP contribution in [-0.4, -0.2) is 15.9 Å². The zero-order valence-corrected chi connectivity index (χ0v) is 16.8. The molecule has 1 aromatic heterocycles. The van der Waals surface area contributed by atoms with Gasteiger partial charge in [0.05, 0.1) is 38.3 Å². The SMILES string of the molecule is Cc1ccc(NC(=O)c2ccc3nc(-c4c(Cl)cccc4Cl)[nH]c3c2)cc1C#N. The number of fused-ring (bicyclic) bond motifs is 1. The smallest absolute Gasteiger partial charge is 0.255 e. The monoisotopic (exact) mass is 420 g/mol. The minimum atomic E-state index is -0.286. The van der Waals surface area contributed by atoms with E-state index in [4.69, 9.17) is 28.5 Å². The van der Waals surface area contributed by atoms with E-state index in [1.54, 1.807) is 54.6 Å². The van der Waals surface area contributed by atoms with Crippen molar-refractivity contribution >= 4 is 45.8 Å². The fourth-order valence-electron chi connectivity index (χ4n) is 3.02. The Balaban J connectivity index is 1.66. The maximum Gasteiger partial charge on any atom is 0.255 e. The molecule has 29 heavy (non-hydrogen) atoms. The topological polar surface area (TPSA) is 81.6 Å². The van der Waals surface area contributed by atoms with Gasteiger partial charge < -0.3 is 10.3 Å². The Labute approximate surface area is 176 Å². The highest BCUT2D eigenvalue weighted by Gasteiger charge is 2.14. The Hall–Kier alpha value is -3.33. The van der Waals surface area contributed by atoms with E-state index in [0.29, 0.717) is 49.3 Å². The van der Waals surface area contributed by atoms with Gasteiger partial charge in [-0.05, 0) is 55.0 Å². The molecular weight excluding hydrogens is 407 g/mol. The van der Waals surface area contributed by atoms with E-state index < -0.39 is 0 Å². The second-order valence-electron chi connectivity index (χ2n) is 6.51. The average molecular weight is 421 g/mol. The summed E-state index contributed by atoms with van der Waals surface area (Å²) in [6.07, 6.45) is 0. The average Bonchev–Trinajstić information content (AvgIpc) is 3.12. The van der Waals surface area contributed by atoms with Crippen molar-refractivity contribution in [2.24, 2.45) is 0 Å². The predicted molar refractivity (Wildman–Crippen MR) is 115 cm³/mol. The van der Waals surface area contributed by atoms with Gasteiger partial charge in [0.15, 0.2) is 0 Å². The number of H-pyrrole nitrogens is 1. The molecule has 0 unspecified atom stereocenters. The number of amides is 1. The first-order valence-corrected chi connectivity index (χ1v) is 9.48. The zero-order valence-electron chi connectivity index (χ0n) is 15.3. The summed E-state index contributed by atoms with van der Waals surface area (Å²) in [4.78, 5) is 20.4. The van der Waals surface area contributed by atoms with Crippen LogP contribution in [0.25, 0.3) is 22.4 Å². The molecule has 5 nitrogen and oxygen atoms in total. The molecule has 0 fully saturated rings. The molecule has 7 heteroatoms. The standard InChI is InChI=1S/C22H14Cl2N4O/c1-12-5-7-15(9-14(12)11-25)26-22(29)13-6-8-18-19(10-13)28-21(27-18)20-16(23)3-2-4-17(20)24/h2-10H,1H3,(H,26,29)(H,27,28). The molecule has 1 amide bonds. The van der Waals surface area contributed by atoms with E-state index in [1.807, 2.05) is 6.92 Å². The summed E-state index contributed by atoms with van der Waals surface area (Å²) < 4.78 is 0. The fraction of sp³-hybridized carbons (Fsp3) is 0.0455. The molecule has 0 radical (unpaired) electrons. The Morgan fingerprint density at radius 2 is 1.86 bits per heavy atom. The number of rotatable bonds is 3. The molecule has 0 spiro atoms. The number of nitriles is 1. The molecule has 2 N–H and O–H groups in total. The summed E-state index contributed by atoms with van der Waals surface area (Å²) in [5.41, 5.74) is 4.38. The fourth-order valence-corrected chi connectivity index (χ4v) is 3.59. The third-order valence-corrected chi connectivity index (χ3v) is 5.19. The first kappa shape index (κ1) is 19.0. The molecule has 0 aliphatic rings. The van der Waals surface area contributed by atoms with Crippen molar-refractivity contribution in [1.29, 1.82) is 5.26 Å². The number of carbonyl (C=O) groups is 1. The highest BCUT2D eigenvalue weighted by Crippen LogP contribution is 2.34. The van der Waals surface area contributed by atoms with Gasteiger partial charge in [-0.15, -0.1) is 0 Å². The van der Waals surface area contributed by atoms with E-state index in [0.717, 1.165) is 5.56 Å². The first-order valence-electron chi connectivity index (χ1n) is 8.72. The van der Waals surface area contributed by atoms with Gasteiger partial charge in [-0.3, -0.25) is 4.79 Å². The van der Waals surface area contributed by atoms with Gasteiger partial charge in [0.2, 0.25) is 0 Å². The molecule has 0 saturated carbocycles. The van der Waals surface area contributed by atoms with Crippen LogP contribution in [0.3, 0.4) is 0 Å². The second kappa shape index (κ2) is 7.59. The van der Waals surface area contributed by atoms with Crippen molar-refractivity contribution < 1.29 is 4.79 Å². The molecule has 0 bridgehead atoms. The maximum absolute atomic E-state index is 12.7. The third-order valence-electron chi connectivity index (χ3n) is 4.56. The Morgan fingerprint density at radius 1 is 1.10 bits per heavy atom. The molecule has 1 heterocycles. The molecule has 3 aromatic carbocycles. The lowest BCUT2D eigenvalue weighted by Crippen LogP contribution is -2.12. The molecule has 0 aliphatic carbocycles. The number of nitrogens with one attached hydrogen (secondary N) is 2. The van der Waals surface area contributed by atoms with Crippen LogP contribution < -0.4 is 5.32 Å². The number of aryl methyl sites for hydroxylation is 1. The number of aromatic amines is 1. The quantitative estimate of drug-likeness (QED) is 0.428. The lowest BCUT2D eigenvalue weighted by atomic mass is 10.1. The number of hydrogen-bond donors (Lipinski definition) is 2. The Morgan fingerprint density at radius 3 is 2.59 bits per heavy atom. The minimum absolute atomic E-state index is 0.286. The molecule has 142 valence electrons. The van der Waals surface area contributed by atoms with E-state index in [-0.39, 0.29) is 5.91 Å². The number of imidazole rings is 1. The van der Waals surface area contributed by atoms with E-state index >= 15 is 0 Å². The summed E-state index contributed by atoms with van der Waals surface area (Å²) in [5.74, 6) is 0.247. The van der Waals surface area contributed by atoms with Crippen LogP contribution in [0.4, 0.5) is 5.69 Å². The maximum atomic E-state index is 12.7. The number of carbonyl (C=O) groups excluding carboxylic acids is 1. The van der Waals surface area contributed by atoms with Gasteiger partial charge >= 0.3 is 0 Å². The normalized spacial score (nSPS) is 10.7. The van der Waals surface area contributed by atoms with Crippen LogP contribution >= 0.6 is 23.2 Å². The van der Waals surface area contributed by atoms with Crippen molar-refractivity contribution in [3.05, 3.63) is 81.3 Å². The number of benzene rings is 3. The van der Waals surface area contributed by atoms with Gasteiger partial charge in [-0.2, -0.15) is 5.26 Å². The van der Waals surface area contributed by atoms with Crippen LogP contribution in [0.1, 0.15) is 21.5 Å². The van der Waals surface area contributed by atoms with Crippen molar-refractivity contribution in [3.63, 3.8) is 0 Å². The molecule has 0 saturated heterocycles. The van der Waals surface area contributed by atoms with Crippen LogP contribution in [0.15, 0.2) is 54.6 Å². The Kier molecular flexibility index (Phi) is 4.98. The zero-order chi connectivity index (χ0) is 20.5. The first-order chi connectivity index (χ1) is 14.0. The lowest BCUT2D eigenvalue weighted by molar-refractivity contribution is 0.102. The van der Waals surface area contributed by atoms with Crippen LogP contribution in [0.2, 0.25) is 10.0 Å². The van der Waals surface area contributed by atoms with Crippen molar-refractivity contribution in [2.75, 3.05) is 5.32 Å². The predicted octanol–water partition coefficient (Wildman–Crippen LogP) is 5.97. The summed E-state index contributed by atoms with van der Waals surface area (Å²) in [5, 5.41) is 12.9. The largest absolute Gasteiger partial charge is 0.338 e. The van der Waals surface area contributed by atoms with Gasteiger partial charge in [0.25, 0.3) is 5.91 Å². The van der Waals surface area contributed by atoms with Gasteiger partial charge in [0, 0.05) is 11.3 Å². The summed E-state index contributed by atoms with van der Waals surface area (Å²) in [6, 6.07) is 17.7. The molecular formula is C22H14Cl2N4O. The van der Waals surface area contributed by atoms with E-state index in [1.165, 1.54) is 0 Å². The highest BCUT2D eigenvalue weighted by atomic mass is 35.5. The summed E-state index contributed by atoms with van der Waals surface area (Å²) in [7, 11) is 0. The lowest BCUT2D eigenvalue weighted by Gasteiger charge is -2.07. The number of aromatic nitrogens is 2. The summed E-state index contributed by atoms with van der Waals surface area (Å²) in [6.45, 7) is 1.85. The highest BCUT2D eigenvalue weighted by molar-refractivity contribution is 6.39. The van der Waals surface area contributed by atoms with E-state index in [9.17, 15) is 4.79 Å². The van der Waals surface area contributed by atoms with Crippen molar-refractivity contribution in [2.45, 2.75) is 6.92 Å². The Bertz CT molecular complexity index is 1280. The van der Waals surface area contributed by atoms with Gasteiger partial charge in [0.1, 0.15) is 5.82 Å². The van der Waals surface area contributed by atoms with Crippen LogP contribution in [-0.2, 0) is 0 Å². The number of halogens is 2. The minimum Gasteiger partial charge on any atom is -0.338 e.